The lowest BCUT2D eigenvalue weighted by atomic mass is 10.2. The molecule has 0 unspecified atom stereocenters. The van der Waals surface area contributed by atoms with Crippen LogP contribution in [0.2, 0.25) is 0 Å². The van der Waals surface area contributed by atoms with Gasteiger partial charge in [0, 0.05) is 12.7 Å². The summed E-state index contributed by atoms with van der Waals surface area (Å²) < 4.78 is 6.53. The standard InChI is InChI=1S/C9H10N2O2/c1-5-4-7-8(6(2)13-10-7)9(12)11(5)3/h4H,1-3H3. The zero-order valence-corrected chi connectivity index (χ0v) is 7.79. The van der Waals surface area contributed by atoms with E-state index < -0.39 is 0 Å². The summed E-state index contributed by atoms with van der Waals surface area (Å²) in [4.78, 5) is 11.7. The van der Waals surface area contributed by atoms with Crippen LogP contribution in [0.1, 0.15) is 11.5 Å². The van der Waals surface area contributed by atoms with Gasteiger partial charge in [-0.3, -0.25) is 4.79 Å². The van der Waals surface area contributed by atoms with E-state index in [9.17, 15) is 4.79 Å². The smallest absolute Gasteiger partial charge is 0.263 e. The Morgan fingerprint density at radius 2 is 2.15 bits per heavy atom. The molecule has 2 heterocycles. The second-order valence-corrected chi connectivity index (χ2v) is 3.15. The summed E-state index contributed by atoms with van der Waals surface area (Å²) in [6.07, 6.45) is 0. The molecule has 0 aliphatic carbocycles. The number of aryl methyl sites for hydroxylation is 2. The number of rotatable bonds is 0. The average molecular weight is 178 g/mol. The second kappa shape index (κ2) is 2.45. The molecule has 2 aromatic rings. The minimum Gasteiger partial charge on any atom is -0.360 e. The summed E-state index contributed by atoms with van der Waals surface area (Å²) in [6.45, 7) is 3.61. The number of hydrogen-bond donors (Lipinski definition) is 0. The summed E-state index contributed by atoms with van der Waals surface area (Å²) in [6, 6.07) is 1.84. The lowest BCUT2D eigenvalue weighted by molar-refractivity contribution is 0.405. The van der Waals surface area contributed by atoms with Crippen LogP contribution in [-0.4, -0.2) is 9.72 Å². The molecule has 0 aliphatic rings. The van der Waals surface area contributed by atoms with Crippen molar-refractivity contribution < 1.29 is 4.52 Å². The molecule has 0 N–H and O–H groups in total. The molecule has 13 heavy (non-hydrogen) atoms. The van der Waals surface area contributed by atoms with Crippen molar-refractivity contribution in [2.24, 2.45) is 7.05 Å². The van der Waals surface area contributed by atoms with Crippen molar-refractivity contribution in [1.29, 1.82) is 0 Å². The van der Waals surface area contributed by atoms with Crippen molar-refractivity contribution >= 4 is 10.9 Å². The third kappa shape index (κ3) is 0.983. The lowest BCUT2D eigenvalue weighted by Crippen LogP contribution is -2.18. The fourth-order valence-corrected chi connectivity index (χ4v) is 1.37. The van der Waals surface area contributed by atoms with E-state index in [2.05, 4.69) is 5.16 Å². The molecule has 0 fully saturated rings. The number of fused-ring (bicyclic) bond motifs is 1. The highest BCUT2D eigenvalue weighted by Crippen LogP contribution is 2.13. The summed E-state index contributed by atoms with van der Waals surface area (Å²) in [5, 5.41) is 4.37. The zero-order valence-electron chi connectivity index (χ0n) is 7.79. The Hall–Kier alpha value is -1.58. The van der Waals surface area contributed by atoms with Crippen LogP contribution in [0.4, 0.5) is 0 Å². The molecular formula is C9H10N2O2. The molecule has 2 rings (SSSR count). The van der Waals surface area contributed by atoms with Gasteiger partial charge in [-0.25, -0.2) is 0 Å². The maximum absolute atomic E-state index is 11.7. The Morgan fingerprint density at radius 1 is 1.46 bits per heavy atom. The molecule has 0 saturated carbocycles. The average Bonchev–Trinajstić information content (AvgIpc) is 2.43. The third-order valence-electron chi connectivity index (χ3n) is 2.28. The number of aromatic nitrogens is 2. The van der Waals surface area contributed by atoms with E-state index in [1.807, 2.05) is 13.0 Å². The van der Waals surface area contributed by atoms with Gasteiger partial charge in [0.1, 0.15) is 16.7 Å². The quantitative estimate of drug-likeness (QED) is 0.607. The first-order valence-corrected chi connectivity index (χ1v) is 4.04. The van der Waals surface area contributed by atoms with Gasteiger partial charge in [-0.2, -0.15) is 0 Å². The van der Waals surface area contributed by atoms with Crippen molar-refractivity contribution in [3.63, 3.8) is 0 Å². The Balaban J connectivity index is 3.06. The molecule has 0 atom stereocenters. The Morgan fingerprint density at radius 3 is 2.85 bits per heavy atom. The molecule has 0 aromatic carbocycles. The van der Waals surface area contributed by atoms with E-state index >= 15 is 0 Å². The summed E-state index contributed by atoms with van der Waals surface area (Å²) in [7, 11) is 1.74. The molecule has 4 nitrogen and oxygen atoms in total. The summed E-state index contributed by atoms with van der Waals surface area (Å²) >= 11 is 0. The van der Waals surface area contributed by atoms with Crippen LogP contribution in [0.5, 0.6) is 0 Å². The number of pyridine rings is 1. The Bertz CT molecular complexity index is 522. The zero-order chi connectivity index (χ0) is 9.59. The van der Waals surface area contributed by atoms with Gasteiger partial charge in [0.25, 0.3) is 5.56 Å². The highest BCUT2D eigenvalue weighted by atomic mass is 16.5. The Labute approximate surface area is 74.8 Å². The van der Waals surface area contributed by atoms with E-state index in [0.717, 1.165) is 5.69 Å². The van der Waals surface area contributed by atoms with Crippen molar-refractivity contribution in [3.8, 4) is 0 Å². The SMILES string of the molecule is Cc1onc2cc(C)n(C)c(=O)c12. The largest absolute Gasteiger partial charge is 0.360 e. The van der Waals surface area contributed by atoms with Crippen molar-refractivity contribution in [3.05, 3.63) is 27.9 Å². The molecule has 0 radical (unpaired) electrons. The van der Waals surface area contributed by atoms with Crippen LogP contribution in [0.15, 0.2) is 15.4 Å². The molecule has 4 heteroatoms. The molecule has 0 spiro atoms. The monoisotopic (exact) mass is 178 g/mol. The Kier molecular flexibility index (Phi) is 1.52. The first kappa shape index (κ1) is 8.04. The minimum atomic E-state index is -0.0475. The van der Waals surface area contributed by atoms with E-state index in [4.69, 9.17) is 4.52 Å². The fraction of sp³-hybridized carbons (Fsp3) is 0.333. The van der Waals surface area contributed by atoms with Gasteiger partial charge < -0.3 is 9.09 Å². The van der Waals surface area contributed by atoms with E-state index in [1.54, 1.807) is 18.5 Å². The van der Waals surface area contributed by atoms with E-state index in [1.165, 1.54) is 0 Å². The van der Waals surface area contributed by atoms with Gasteiger partial charge >= 0.3 is 0 Å². The maximum Gasteiger partial charge on any atom is 0.263 e. The first-order valence-electron chi connectivity index (χ1n) is 4.04. The van der Waals surface area contributed by atoms with Crippen LogP contribution >= 0.6 is 0 Å². The van der Waals surface area contributed by atoms with Gasteiger partial charge in [-0.05, 0) is 19.9 Å². The normalized spacial score (nSPS) is 11.0. The fourth-order valence-electron chi connectivity index (χ4n) is 1.37. The van der Waals surface area contributed by atoms with E-state index in [-0.39, 0.29) is 5.56 Å². The van der Waals surface area contributed by atoms with Crippen molar-refractivity contribution in [1.82, 2.24) is 9.72 Å². The van der Waals surface area contributed by atoms with Gasteiger partial charge in [-0.1, -0.05) is 5.16 Å². The lowest BCUT2D eigenvalue weighted by Gasteiger charge is -2.00. The van der Waals surface area contributed by atoms with Crippen molar-refractivity contribution in [2.75, 3.05) is 0 Å². The van der Waals surface area contributed by atoms with Crippen LogP contribution in [0.3, 0.4) is 0 Å². The van der Waals surface area contributed by atoms with Gasteiger partial charge in [0.05, 0.1) is 0 Å². The molecule has 0 bridgehead atoms. The topological polar surface area (TPSA) is 48.0 Å². The highest BCUT2D eigenvalue weighted by molar-refractivity contribution is 5.79. The summed E-state index contributed by atoms with van der Waals surface area (Å²) in [5.41, 5.74) is 1.47. The highest BCUT2D eigenvalue weighted by Gasteiger charge is 2.10. The van der Waals surface area contributed by atoms with Crippen LogP contribution in [0.25, 0.3) is 10.9 Å². The molecule has 0 aliphatic heterocycles. The molecule has 2 aromatic heterocycles. The predicted octanol–water partition coefficient (Wildman–Crippen LogP) is 1.14. The molecule has 68 valence electrons. The van der Waals surface area contributed by atoms with Gasteiger partial charge in [0.2, 0.25) is 0 Å². The van der Waals surface area contributed by atoms with Crippen LogP contribution < -0.4 is 5.56 Å². The molecular weight excluding hydrogens is 168 g/mol. The van der Waals surface area contributed by atoms with Gasteiger partial charge in [0.15, 0.2) is 0 Å². The first-order chi connectivity index (χ1) is 6.11. The second-order valence-electron chi connectivity index (χ2n) is 3.15. The summed E-state index contributed by atoms with van der Waals surface area (Å²) in [5.74, 6) is 0.579. The van der Waals surface area contributed by atoms with Crippen LogP contribution in [-0.2, 0) is 7.05 Å². The predicted molar refractivity (Wildman–Crippen MR) is 48.7 cm³/mol. The van der Waals surface area contributed by atoms with Crippen LogP contribution in [0, 0.1) is 13.8 Å². The van der Waals surface area contributed by atoms with E-state index in [0.29, 0.717) is 16.7 Å². The minimum absolute atomic E-state index is 0.0475. The van der Waals surface area contributed by atoms with Gasteiger partial charge in [-0.15, -0.1) is 0 Å². The van der Waals surface area contributed by atoms with Crippen molar-refractivity contribution in [2.45, 2.75) is 13.8 Å². The number of hydrogen-bond acceptors (Lipinski definition) is 3. The third-order valence-corrected chi connectivity index (χ3v) is 2.28. The maximum atomic E-state index is 11.7. The molecule has 0 amide bonds. The molecule has 0 saturated heterocycles. The number of nitrogens with zero attached hydrogens (tertiary/aromatic N) is 2.